The van der Waals surface area contributed by atoms with Gasteiger partial charge in [0.2, 0.25) is 5.95 Å². The molecule has 0 spiro atoms. The number of hydrogen-bond donors (Lipinski definition) is 1. The lowest BCUT2D eigenvalue weighted by Crippen LogP contribution is -2.21. The molecule has 0 unspecified atom stereocenters. The van der Waals surface area contributed by atoms with Crippen molar-refractivity contribution >= 4 is 23.8 Å². The third kappa shape index (κ3) is 2.15. The Morgan fingerprint density at radius 2 is 2.06 bits per heavy atom. The molecule has 5 heteroatoms. The van der Waals surface area contributed by atoms with Crippen molar-refractivity contribution in [2.75, 3.05) is 11.4 Å². The first-order chi connectivity index (χ1) is 8.83. The number of anilines is 1. The van der Waals surface area contributed by atoms with Crippen molar-refractivity contribution in [1.29, 1.82) is 0 Å². The van der Waals surface area contributed by atoms with Crippen LogP contribution in [-0.4, -0.2) is 22.7 Å². The summed E-state index contributed by atoms with van der Waals surface area (Å²) < 4.78 is 0. The zero-order valence-electron chi connectivity index (χ0n) is 9.55. The maximum atomic E-state index is 5.87. The molecule has 0 amide bonds. The lowest BCUT2D eigenvalue weighted by Gasteiger charge is -2.16. The van der Waals surface area contributed by atoms with Gasteiger partial charge in [-0.2, -0.15) is 0 Å². The van der Waals surface area contributed by atoms with E-state index in [-0.39, 0.29) is 0 Å². The summed E-state index contributed by atoms with van der Waals surface area (Å²) in [5, 5.41) is 0.730. The molecule has 0 aliphatic carbocycles. The average Bonchev–Trinajstić information content (AvgIpc) is 2.90. The second-order valence-electron chi connectivity index (χ2n) is 3.91. The van der Waals surface area contributed by atoms with E-state index in [1.807, 2.05) is 47.8 Å². The second kappa shape index (κ2) is 4.66. The Bertz CT molecular complexity index is 598. The number of nitrogens with zero attached hydrogens (tertiary/aromatic N) is 3. The number of rotatable bonds is 2. The summed E-state index contributed by atoms with van der Waals surface area (Å²) in [7, 11) is 0. The molecule has 0 bridgehead atoms. The molecule has 1 aliphatic rings. The van der Waals surface area contributed by atoms with Gasteiger partial charge in [-0.1, -0.05) is 23.7 Å². The Morgan fingerprint density at radius 1 is 1.22 bits per heavy atom. The maximum Gasteiger partial charge on any atom is 0.207 e. The summed E-state index contributed by atoms with van der Waals surface area (Å²) in [5.41, 5.74) is 2.03. The van der Waals surface area contributed by atoms with E-state index >= 15 is 0 Å². The van der Waals surface area contributed by atoms with Crippen molar-refractivity contribution in [2.24, 2.45) is 4.99 Å². The zero-order valence-corrected chi connectivity index (χ0v) is 10.3. The summed E-state index contributed by atoms with van der Waals surface area (Å²) in [6.07, 6.45) is 7.29. The van der Waals surface area contributed by atoms with Gasteiger partial charge in [0, 0.05) is 23.6 Å². The Hall–Kier alpha value is -2.07. The molecule has 1 aliphatic heterocycles. The van der Waals surface area contributed by atoms with Gasteiger partial charge in [0.05, 0.1) is 18.4 Å². The molecule has 4 nitrogen and oxygen atoms in total. The van der Waals surface area contributed by atoms with Gasteiger partial charge in [0.1, 0.15) is 0 Å². The number of imidazole rings is 1. The van der Waals surface area contributed by atoms with Crippen LogP contribution in [0.3, 0.4) is 0 Å². The van der Waals surface area contributed by atoms with E-state index < -0.39 is 0 Å². The van der Waals surface area contributed by atoms with Gasteiger partial charge in [-0.05, 0) is 17.7 Å². The molecule has 0 radical (unpaired) electrons. The SMILES string of the molecule is Clc1ccc(-c2cnc(N3C=CN=CC3)[nH]2)cc1. The first-order valence-electron chi connectivity index (χ1n) is 5.59. The second-order valence-corrected chi connectivity index (χ2v) is 4.35. The van der Waals surface area contributed by atoms with Crippen LogP contribution in [0.1, 0.15) is 0 Å². The van der Waals surface area contributed by atoms with E-state index in [1.54, 1.807) is 6.20 Å². The van der Waals surface area contributed by atoms with Crippen LogP contribution in [0, 0.1) is 0 Å². The van der Waals surface area contributed by atoms with Gasteiger partial charge in [-0.25, -0.2) is 4.98 Å². The number of aromatic amines is 1. The quantitative estimate of drug-likeness (QED) is 0.900. The number of nitrogens with one attached hydrogen (secondary N) is 1. The van der Waals surface area contributed by atoms with Gasteiger partial charge in [-0.3, -0.25) is 4.99 Å². The fourth-order valence-corrected chi connectivity index (χ4v) is 1.89. The van der Waals surface area contributed by atoms with Crippen molar-refractivity contribution in [3.05, 3.63) is 47.9 Å². The van der Waals surface area contributed by atoms with Crippen molar-refractivity contribution in [1.82, 2.24) is 9.97 Å². The molecule has 3 rings (SSSR count). The summed E-state index contributed by atoms with van der Waals surface area (Å²) >= 11 is 5.87. The Morgan fingerprint density at radius 3 is 2.78 bits per heavy atom. The smallest absolute Gasteiger partial charge is 0.207 e. The van der Waals surface area contributed by atoms with Crippen LogP contribution in [0.5, 0.6) is 0 Å². The van der Waals surface area contributed by atoms with Crippen LogP contribution in [-0.2, 0) is 0 Å². The molecule has 0 saturated carbocycles. The van der Waals surface area contributed by atoms with Crippen molar-refractivity contribution in [3.8, 4) is 11.3 Å². The number of benzene rings is 1. The Labute approximate surface area is 110 Å². The maximum absolute atomic E-state index is 5.87. The van der Waals surface area contributed by atoms with Gasteiger partial charge < -0.3 is 9.88 Å². The number of aromatic nitrogens is 2. The highest BCUT2D eigenvalue weighted by Gasteiger charge is 2.09. The summed E-state index contributed by atoms with van der Waals surface area (Å²) in [6.45, 7) is 0.726. The Kier molecular flexibility index (Phi) is 2.86. The third-order valence-electron chi connectivity index (χ3n) is 2.71. The van der Waals surface area contributed by atoms with Crippen molar-refractivity contribution in [3.63, 3.8) is 0 Å². The highest BCUT2D eigenvalue weighted by molar-refractivity contribution is 6.30. The third-order valence-corrected chi connectivity index (χ3v) is 2.96. The zero-order chi connectivity index (χ0) is 12.4. The fourth-order valence-electron chi connectivity index (χ4n) is 1.77. The minimum Gasteiger partial charge on any atom is -0.324 e. The van der Waals surface area contributed by atoms with Crippen molar-refractivity contribution < 1.29 is 0 Å². The number of H-pyrrole nitrogens is 1. The summed E-state index contributed by atoms with van der Waals surface area (Å²) in [6, 6.07) is 7.66. The van der Waals surface area contributed by atoms with Gasteiger partial charge in [0.15, 0.2) is 0 Å². The van der Waals surface area contributed by atoms with Crippen LogP contribution in [0.4, 0.5) is 5.95 Å². The van der Waals surface area contributed by atoms with Gasteiger partial charge in [-0.15, -0.1) is 0 Å². The first-order valence-corrected chi connectivity index (χ1v) is 5.96. The van der Waals surface area contributed by atoms with E-state index in [4.69, 9.17) is 11.6 Å². The van der Waals surface area contributed by atoms with Crippen molar-refractivity contribution in [2.45, 2.75) is 0 Å². The van der Waals surface area contributed by atoms with E-state index in [9.17, 15) is 0 Å². The minimum absolute atomic E-state index is 0.726. The predicted molar refractivity (Wildman–Crippen MR) is 74.0 cm³/mol. The summed E-state index contributed by atoms with van der Waals surface area (Å²) in [5.74, 6) is 0.808. The van der Waals surface area contributed by atoms with Crippen LogP contribution < -0.4 is 4.90 Å². The molecule has 0 fully saturated rings. The highest BCUT2D eigenvalue weighted by atomic mass is 35.5. The fraction of sp³-hybridized carbons (Fsp3) is 0.0769. The molecule has 18 heavy (non-hydrogen) atoms. The molecule has 1 aromatic carbocycles. The predicted octanol–water partition coefficient (Wildman–Crippen LogP) is 3.09. The van der Waals surface area contributed by atoms with Crippen LogP contribution >= 0.6 is 11.6 Å². The van der Waals surface area contributed by atoms with Gasteiger partial charge >= 0.3 is 0 Å². The monoisotopic (exact) mass is 258 g/mol. The normalized spacial score (nSPS) is 14.2. The van der Waals surface area contributed by atoms with Gasteiger partial charge in [0.25, 0.3) is 0 Å². The van der Waals surface area contributed by atoms with Crippen LogP contribution in [0.2, 0.25) is 5.02 Å². The molecule has 0 atom stereocenters. The number of hydrogen-bond acceptors (Lipinski definition) is 3. The molecule has 0 saturated heterocycles. The average molecular weight is 259 g/mol. The topological polar surface area (TPSA) is 44.3 Å². The van der Waals surface area contributed by atoms with E-state index in [0.29, 0.717) is 0 Å². The molecular weight excluding hydrogens is 248 g/mol. The minimum atomic E-state index is 0.726. The number of halogens is 1. The molecule has 2 aromatic rings. The first kappa shape index (κ1) is 11.0. The number of aliphatic imine (C=N–C) groups is 1. The largest absolute Gasteiger partial charge is 0.324 e. The standard InChI is InChI=1S/C13H11ClN4/c14-11-3-1-10(2-4-11)12-9-16-13(17-12)18-7-5-15-6-8-18/h1-7,9H,8H2,(H,16,17). The molecule has 1 aromatic heterocycles. The Balaban J connectivity index is 1.87. The molecule has 2 heterocycles. The van der Waals surface area contributed by atoms with Crippen LogP contribution in [0.25, 0.3) is 11.3 Å². The van der Waals surface area contributed by atoms with E-state index in [0.717, 1.165) is 28.8 Å². The van der Waals surface area contributed by atoms with Crippen LogP contribution in [0.15, 0.2) is 47.9 Å². The highest BCUT2D eigenvalue weighted by Crippen LogP contribution is 2.22. The summed E-state index contributed by atoms with van der Waals surface area (Å²) in [4.78, 5) is 13.7. The molecule has 90 valence electrons. The molecular formula is C13H11ClN4. The van der Waals surface area contributed by atoms with E-state index in [1.165, 1.54) is 0 Å². The molecule has 1 N–H and O–H groups in total. The van der Waals surface area contributed by atoms with E-state index in [2.05, 4.69) is 15.0 Å². The lowest BCUT2D eigenvalue weighted by atomic mass is 10.2. The lowest BCUT2D eigenvalue weighted by molar-refractivity contribution is 1.03.